The van der Waals surface area contributed by atoms with Gasteiger partial charge >= 0.3 is 0 Å². The number of aliphatic hydroxyl groups excluding tert-OH is 1. The fourth-order valence-electron chi connectivity index (χ4n) is 1.84. The molecule has 1 atom stereocenters. The molecular formula is C16H20N2O2S. The summed E-state index contributed by atoms with van der Waals surface area (Å²) in [4.78, 5) is 16.4. The monoisotopic (exact) mass is 304 g/mol. The van der Waals surface area contributed by atoms with Crippen molar-refractivity contribution >= 4 is 17.2 Å². The summed E-state index contributed by atoms with van der Waals surface area (Å²) >= 11 is 1.45. The summed E-state index contributed by atoms with van der Waals surface area (Å²) in [5.41, 5.74) is 2.58. The van der Waals surface area contributed by atoms with Crippen molar-refractivity contribution in [2.24, 2.45) is 5.92 Å². The van der Waals surface area contributed by atoms with Crippen LogP contribution in [0, 0.1) is 12.8 Å². The number of carbonyl (C=O) groups excluding carboxylic acids is 1. The van der Waals surface area contributed by atoms with E-state index in [9.17, 15) is 9.90 Å². The first-order chi connectivity index (χ1) is 9.99. The van der Waals surface area contributed by atoms with E-state index in [0.717, 1.165) is 16.1 Å². The zero-order chi connectivity index (χ0) is 15.4. The summed E-state index contributed by atoms with van der Waals surface area (Å²) in [7, 11) is 0. The predicted octanol–water partition coefficient (Wildman–Crippen LogP) is 2.87. The normalized spacial score (nSPS) is 12.4. The van der Waals surface area contributed by atoms with Crippen molar-refractivity contribution in [3.8, 4) is 10.6 Å². The number of thiazole rings is 1. The van der Waals surface area contributed by atoms with Crippen molar-refractivity contribution in [1.82, 2.24) is 10.3 Å². The van der Waals surface area contributed by atoms with Crippen molar-refractivity contribution < 1.29 is 9.90 Å². The molecule has 1 unspecified atom stereocenters. The van der Waals surface area contributed by atoms with Gasteiger partial charge in [0.15, 0.2) is 0 Å². The minimum atomic E-state index is -0.538. The number of nitrogens with zero attached hydrogens (tertiary/aromatic N) is 1. The quantitative estimate of drug-likeness (QED) is 0.893. The van der Waals surface area contributed by atoms with Gasteiger partial charge in [-0.3, -0.25) is 4.79 Å². The Balaban J connectivity index is 2.06. The Labute approximate surface area is 128 Å². The van der Waals surface area contributed by atoms with E-state index in [-0.39, 0.29) is 18.4 Å². The molecule has 1 amide bonds. The first-order valence-electron chi connectivity index (χ1n) is 6.97. The average Bonchev–Trinajstić information content (AvgIpc) is 2.94. The molecule has 0 saturated carbocycles. The number of hydrogen-bond acceptors (Lipinski definition) is 4. The second kappa shape index (κ2) is 6.83. The summed E-state index contributed by atoms with van der Waals surface area (Å²) in [5.74, 6) is -0.131. The van der Waals surface area contributed by atoms with E-state index in [1.165, 1.54) is 11.3 Å². The zero-order valence-electron chi connectivity index (χ0n) is 12.5. The third kappa shape index (κ3) is 3.89. The van der Waals surface area contributed by atoms with Crippen molar-refractivity contribution in [3.63, 3.8) is 0 Å². The molecule has 0 aliphatic rings. The molecule has 1 heterocycles. The Morgan fingerprint density at radius 1 is 1.38 bits per heavy atom. The fraction of sp³-hybridized carbons (Fsp3) is 0.375. The Hall–Kier alpha value is -1.72. The average molecular weight is 304 g/mol. The van der Waals surface area contributed by atoms with Gasteiger partial charge in [-0.25, -0.2) is 4.98 Å². The van der Waals surface area contributed by atoms with Crippen molar-refractivity contribution in [2.75, 3.05) is 6.54 Å². The van der Waals surface area contributed by atoms with Gasteiger partial charge in [0.25, 0.3) is 5.91 Å². The topological polar surface area (TPSA) is 62.2 Å². The van der Waals surface area contributed by atoms with E-state index in [0.29, 0.717) is 5.69 Å². The van der Waals surface area contributed by atoms with E-state index >= 15 is 0 Å². The van der Waals surface area contributed by atoms with Crippen LogP contribution in [0.2, 0.25) is 0 Å². The number of hydrogen-bond donors (Lipinski definition) is 2. The fourth-order valence-corrected chi connectivity index (χ4v) is 2.73. The lowest BCUT2D eigenvalue weighted by Crippen LogP contribution is -2.34. The second-order valence-corrected chi connectivity index (χ2v) is 6.23. The summed E-state index contributed by atoms with van der Waals surface area (Å²) in [6.07, 6.45) is -0.538. The number of aromatic nitrogens is 1. The van der Waals surface area contributed by atoms with Gasteiger partial charge in [0, 0.05) is 17.5 Å². The van der Waals surface area contributed by atoms with Crippen molar-refractivity contribution in [2.45, 2.75) is 26.9 Å². The second-order valence-electron chi connectivity index (χ2n) is 5.37. The van der Waals surface area contributed by atoms with E-state index in [4.69, 9.17) is 0 Å². The van der Waals surface area contributed by atoms with Gasteiger partial charge in [0.2, 0.25) is 0 Å². The molecule has 0 bridgehead atoms. The highest BCUT2D eigenvalue weighted by Gasteiger charge is 2.15. The number of aryl methyl sites for hydroxylation is 1. The zero-order valence-corrected chi connectivity index (χ0v) is 13.3. The number of rotatable bonds is 5. The lowest BCUT2D eigenvalue weighted by atomic mass is 10.1. The van der Waals surface area contributed by atoms with Crippen LogP contribution in [0.4, 0.5) is 0 Å². The first kappa shape index (κ1) is 15.7. The van der Waals surface area contributed by atoms with Gasteiger partial charge in [0.1, 0.15) is 10.7 Å². The molecule has 2 N–H and O–H groups in total. The molecule has 0 fully saturated rings. The molecular weight excluding hydrogens is 284 g/mol. The molecule has 0 radical (unpaired) electrons. The Morgan fingerprint density at radius 3 is 2.76 bits per heavy atom. The van der Waals surface area contributed by atoms with Crippen LogP contribution in [0.25, 0.3) is 10.6 Å². The number of amides is 1. The van der Waals surface area contributed by atoms with Crippen LogP contribution in [-0.2, 0) is 0 Å². The number of benzene rings is 1. The Kier molecular flexibility index (Phi) is 5.09. The summed E-state index contributed by atoms with van der Waals surface area (Å²) in [5, 5.41) is 15.0. The van der Waals surface area contributed by atoms with Crippen molar-refractivity contribution in [3.05, 3.63) is 40.9 Å². The minimum absolute atomic E-state index is 0.114. The summed E-state index contributed by atoms with van der Waals surface area (Å²) in [6, 6.07) is 7.96. The lowest BCUT2D eigenvalue weighted by Gasteiger charge is -2.14. The number of carbonyl (C=O) groups is 1. The third-order valence-electron chi connectivity index (χ3n) is 3.35. The van der Waals surface area contributed by atoms with Crippen LogP contribution >= 0.6 is 11.3 Å². The SMILES string of the molecule is Cc1ccccc1-c1nc(C(=O)NCC(O)C(C)C)cs1. The number of nitrogens with one attached hydrogen (secondary N) is 1. The van der Waals surface area contributed by atoms with Crippen LogP contribution in [0.1, 0.15) is 29.9 Å². The van der Waals surface area contributed by atoms with Crippen molar-refractivity contribution in [1.29, 1.82) is 0 Å². The first-order valence-corrected chi connectivity index (χ1v) is 7.84. The molecule has 0 aliphatic carbocycles. The van der Waals surface area contributed by atoms with Crippen LogP contribution in [0.15, 0.2) is 29.6 Å². The maximum Gasteiger partial charge on any atom is 0.270 e. The van der Waals surface area contributed by atoms with E-state index in [1.807, 2.05) is 45.0 Å². The molecule has 21 heavy (non-hydrogen) atoms. The molecule has 2 aromatic rings. The molecule has 0 aliphatic heterocycles. The number of aliphatic hydroxyl groups is 1. The Bertz CT molecular complexity index is 622. The van der Waals surface area contributed by atoms with Gasteiger partial charge in [-0.2, -0.15) is 0 Å². The largest absolute Gasteiger partial charge is 0.391 e. The molecule has 112 valence electrons. The van der Waals surface area contributed by atoms with Crippen LogP contribution in [-0.4, -0.2) is 28.6 Å². The molecule has 2 rings (SSSR count). The summed E-state index contributed by atoms with van der Waals surface area (Å²) < 4.78 is 0. The minimum Gasteiger partial charge on any atom is -0.391 e. The molecule has 1 aromatic heterocycles. The van der Waals surface area contributed by atoms with E-state index in [2.05, 4.69) is 10.3 Å². The van der Waals surface area contributed by atoms with Gasteiger partial charge in [-0.1, -0.05) is 38.1 Å². The molecule has 5 heteroatoms. The van der Waals surface area contributed by atoms with E-state index < -0.39 is 6.10 Å². The Morgan fingerprint density at radius 2 is 2.10 bits per heavy atom. The highest BCUT2D eigenvalue weighted by atomic mass is 32.1. The highest BCUT2D eigenvalue weighted by Crippen LogP contribution is 2.26. The van der Waals surface area contributed by atoms with Gasteiger partial charge in [-0.05, 0) is 18.4 Å². The maximum atomic E-state index is 12.0. The standard InChI is InChI=1S/C16H20N2O2S/c1-10(2)14(19)8-17-15(20)13-9-21-16(18-13)12-7-5-4-6-11(12)3/h4-7,9-10,14,19H,8H2,1-3H3,(H,17,20). The lowest BCUT2D eigenvalue weighted by molar-refractivity contribution is 0.0868. The van der Waals surface area contributed by atoms with Crippen LogP contribution in [0.5, 0.6) is 0 Å². The van der Waals surface area contributed by atoms with Gasteiger partial charge in [-0.15, -0.1) is 11.3 Å². The molecule has 4 nitrogen and oxygen atoms in total. The molecule has 0 saturated heterocycles. The van der Waals surface area contributed by atoms with Gasteiger partial charge in [0.05, 0.1) is 6.10 Å². The highest BCUT2D eigenvalue weighted by molar-refractivity contribution is 7.13. The maximum absolute atomic E-state index is 12.0. The van der Waals surface area contributed by atoms with Crippen LogP contribution in [0.3, 0.4) is 0 Å². The predicted molar refractivity (Wildman–Crippen MR) is 85.5 cm³/mol. The summed E-state index contributed by atoms with van der Waals surface area (Å²) in [6.45, 7) is 6.09. The smallest absolute Gasteiger partial charge is 0.270 e. The third-order valence-corrected chi connectivity index (χ3v) is 4.23. The molecule has 0 spiro atoms. The van der Waals surface area contributed by atoms with Gasteiger partial charge < -0.3 is 10.4 Å². The molecule has 1 aromatic carbocycles. The van der Waals surface area contributed by atoms with Crippen LogP contribution < -0.4 is 5.32 Å². The van der Waals surface area contributed by atoms with E-state index in [1.54, 1.807) is 5.38 Å².